The Bertz CT molecular complexity index is 901. The summed E-state index contributed by atoms with van der Waals surface area (Å²) in [5.74, 6) is -0.439. The van der Waals surface area contributed by atoms with E-state index in [9.17, 15) is 15.0 Å². The third-order valence-corrected chi connectivity index (χ3v) is 3.27. The lowest BCUT2D eigenvalue weighted by Gasteiger charge is -2.04. The van der Waals surface area contributed by atoms with Crippen molar-refractivity contribution in [3.63, 3.8) is 0 Å². The topological polar surface area (TPSA) is 94.8 Å². The minimum Gasteiger partial charge on any atom is -0.508 e. The number of aromatic hydroxyl groups is 2. The molecule has 0 spiro atoms. The standard InChI is InChI=1S/C17H13N3O3/c21-12-5-6-16(22)11(9-12)10-19-20-17(23)14-7-8-18-15-4-2-1-3-13(14)15/h1-10,21-22H,(H,20,23)/b19-10+. The zero-order valence-corrected chi connectivity index (χ0v) is 12.0. The highest BCUT2D eigenvalue weighted by Crippen LogP contribution is 2.20. The summed E-state index contributed by atoms with van der Waals surface area (Å²) in [6.07, 6.45) is 2.82. The molecule has 0 aliphatic carbocycles. The van der Waals surface area contributed by atoms with E-state index in [1.165, 1.54) is 24.4 Å². The number of benzene rings is 2. The molecular formula is C17H13N3O3. The molecule has 23 heavy (non-hydrogen) atoms. The second-order valence-corrected chi connectivity index (χ2v) is 4.82. The van der Waals surface area contributed by atoms with E-state index in [2.05, 4.69) is 15.5 Å². The lowest BCUT2D eigenvalue weighted by molar-refractivity contribution is 0.0956. The number of pyridine rings is 1. The quantitative estimate of drug-likeness (QED) is 0.393. The number of hydrogen-bond donors (Lipinski definition) is 3. The fraction of sp³-hybridized carbons (Fsp3) is 0. The largest absolute Gasteiger partial charge is 0.508 e. The molecule has 0 atom stereocenters. The number of phenols is 2. The minimum absolute atomic E-state index is 0.00398. The lowest BCUT2D eigenvalue weighted by atomic mass is 10.1. The summed E-state index contributed by atoms with van der Waals surface area (Å²) in [6, 6.07) is 13.0. The molecule has 1 heterocycles. The number of amides is 1. The van der Waals surface area contributed by atoms with E-state index in [-0.39, 0.29) is 17.4 Å². The van der Waals surface area contributed by atoms with Gasteiger partial charge in [0.1, 0.15) is 11.5 Å². The van der Waals surface area contributed by atoms with Crippen LogP contribution in [-0.4, -0.2) is 27.3 Å². The van der Waals surface area contributed by atoms with E-state index >= 15 is 0 Å². The fourth-order valence-corrected chi connectivity index (χ4v) is 2.16. The molecule has 1 amide bonds. The number of nitrogens with zero attached hydrogens (tertiary/aromatic N) is 2. The van der Waals surface area contributed by atoms with Gasteiger partial charge in [-0.25, -0.2) is 5.43 Å². The van der Waals surface area contributed by atoms with Crippen LogP contribution in [0.2, 0.25) is 0 Å². The molecule has 6 heteroatoms. The monoisotopic (exact) mass is 307 g/mol. The molecule has 3 aromatic rings. The van der Waals surface area contributed by atoms with Gasteiger partial charge in [0.2, 0.25) is 0 Å². The molecule has 0 fully saturated rings. The van der Waals surface area contributed by atoms with E-state index in [0.29, 0.717) is 11.1 Å². The van der Waals surface area contributed by atoms with Crippen LogP contribution >= 0.6 is 0 Å². The van der Waals surface area contributed by atoms with Crippen LogP contribution in [0.5, 0.6) is 11.5 Å². The van der Waals surface area contributed by atoms with Gasteiger partial charge in [0.15, 0.2) is 0 Å². The Morgan fingerprint density at radius 2 is 1.96 bits per heavy atom. The first-order chi connectivity index (χ1) is 11.1. The second-order valence-electron chi connectivity index (χ2n) is 4.82. The van der Waals surface area contributed by atoms with Crippen LogP contribution in [0.15, 0.2) is 59.8 Å². The van der Waals surface area contributed by atoms with Gasteiger partial charge in [-0.3, -0.25) is 9.78 Å². The third-order valence-electron chi connectivity index (χ3n) is 3.27. The number of hydrogen-bond acceptors (Lipinski definition) is 5. The van der Waals surface area contributed by atoms with Gasteiger partial charge >= 0.3 is 0 Å². The summed E-state index contributed by atoms with van der Waals surface area (Å²) in [7, 11) is 0. The van der Waals surface area contributed by atoms with Gasteiger partial charge in [-0.2, -0.15) is 5.10 Å². The van der Waals surface area contributed by atoms with E-state index in [0.717, 1.165) is 10.9 Å². The average Bonchev–Trinajstić information content (AvgIpc) is 2.57. The maximum Gasteiger partial charge on any atom is 0.272 e. The predicted molar refractivity (Wildman–Crippen MR) is 86.6 cm³/mol. The van der Waals surface area contributed by atoms with Crippen molar-refractivity contribution in [1.82, 2.24) is 10.4 Å². The van der Waals surface area contributed by atoms with Crippen molar-refractivity contribution in [2.45, 2.75) is 0 Å². The number of carbonyl (C=O) groups is 1. The smallest absolute Gasteiger partial charge is 0.272 e. The van der Waals surface area contributed by atoms with Crippen molar-refractivity contribution in [2.24, 2.45) is 5.10 Å². The third kappa shape index (κ3) is 3.11. The normalized spacial score (nSPS) is 11.0. The Balaban J connectivity index is 1.81. The first-order valence-corrected chi connectivity index (χ1v) is 6.84. The van der Waals surface area contributed by atoms with Crippen LogP contribution in [-0.2, 0) is 0 Å². The van der Waals surface area contributed by atoms with Gasteiger partial charge in [-0.1, -0.05) is 18.2 Å². The minimum atomic E-state index is -0.389. The SMILES string of the molecule is O=C(N/N=C/c1cc(O)ccc1O)c1ccnc2ccccc12. The molecule has 0 saturated carbocycles. The van der Waals surface area contributed by atoms with Crippen molar-refractivity contribution in [1.29, 1.82) is 0 Å². The van der Waals surface area contributed by atoms with E-state index in [1.807, 2.05) is 24.3 Å². The maximum absolute atomic E-state index is 12.2. The summed E-state index contributed by atoms with van der Waals surface area (Å²) >= 11 is 0. The van der Waals surface area contributed by atoms with Crippen LogP contribution in [0.3, 0.4) is 0 Å². The number of fused-ring (bicyclic) bond motifs is 1. The summed E-state index contributed by atoms with van der Waals surface area (Å²) < 4.78 is 0. The molecule has 3 rings (SSSR count). The Kier molecular flexibility index (Phi) is 3.88. The number of para-hydroxylation sites is 1. The molecule has 1 aromatic heterocycles. The number of nitrogens with one attached hydrogen (secondary N) is 1. The van der Waals surface area contributed by atoms with Crippen LogP contribution < -0.4 is 5.43 Å². The van der Waals surface area contributed by atoms with Crippen molar-refractivity contribution in [2.75, 3.05) is 0 Å². The Morgan fingerprint density at radius 3 is 2.83 bits per heavy atom. The van der Waals surface area contributed by atoms with Gasteiger partial charge in [0.25, 0.3) is 5.91 Å². The summed E-state index contributed by atoms with van der Waals surface area (Å²) in [5.41, 5.74) is 3.86. The van der Waals surface area contributed by atoms with Crippen LogP contribution in [0.4, 0.5) is 0 Å². The summed E-state index contributed by atoms with van der Waals surface area (Å²) in [5, 5.41) is 23.5. The van der Waals surface area contributed by atoms with Crippen molar-refractivity contribution >= 4 is 23.0 Å². The maximum atomic E-state index is 12.2. The molecule has 114 valence electrons. The van der Waals surface area contributed by atoms with Gasteiger partial charge in [0, 0.05) is 17.1 Å². The highest BCUT2D eigenvalue weighted by atomic mass is 16.3. The zero-order valence-electron chi connectivity index (χ0n) is 12.0. The number of carbonyl (C=O) groups excluding carboxylic acids is 1. The number of phenolic OH excluding ortho intramolecular Hbond substituents is 2. The molecule has 0 saturated heterocycles. The van der Waals surface area contributed by atoms with E-state index in [4.69, 9.17) is 0 Å². The van der Waals surface area contributed by atoms with Crippen LogP contribution in [0, 0.1) is 0 Å². The number of hydrazone groups is 1. The second kappa shape index (κ2) is 6.15. The predicted octanol–water partition coefficient (Wildman–Crippen LogP) is 2.41. The van der Waals surface area contributed by atoms with Gasteiger partial charge in [-0.05, 0) is 30.3 Å². The molecule has 0 radical (unpaired) electrons. The van der Waals surface area contributed by atoms with Gasteiger partial charge in [0.05, 0.1) is 17.3 Å². The van der Waals surface area contributed by atoms with Crippen molar-refractivity contribution < 1.29 is 15.0 Å². The fourth-order valence-electron chi connectivity index (χ4n) is 2.16. The first kappa shape index (κ1) is 14.5. The Hall–Kier alpha value is -3.41. The zero-order chi connectivity index (χ0) is 16.2. The first-order valence-electron chi connectivity index (χ1n) is 6.84. The number of rotatable bonds is 3. The molecule has 3 N–H and O–H groups in total. The van der Waals surface area contributed by atoms with Gasteiger partial charge < -0.3 is 10.2 Å². The molecule has 0 aliphatic rings. The molecule has 0 unspecified atom stereocenters. The number of aromatic nitrogens is 1. The van der Waals surface area contributed by atoms with Crippen molar-refractivity contribution in [3.05, 3.63) is 65.9 Å². The van der Waals surface area contributed by atoms with E-state index in [1.54, 1.807) is 12.3 Å². The Labute approximate surface area is 131 Å². The highest BCUT2D eigenvalue weighted by molar-refractivity contribution is 6.06. The Morgan fingerprint density at radius 1 is 1.13 bits per heavy atom. The average molecular weight is 307 g/mol. The molecule has 0 aliphatic heterocycles. The van der Waals surface area contributed by atoms with Crippen LogP contribution in [0.1, 0.15) is 15.9 Å². The van der Waals surface area contributed by atoms with Crippen molar-refractivity contribution in [3.8, 4) is 11.5 Å². The lowest BCUT2D eigenvalue weighted by Crippen LogP contribution is -2.18. The molecular weight excluding hydrogens is 294 g/mol. The van der Waals surface area contributed by atoms with E-state index < -0.39 is 0 Å². The summed E-state index contributed by atoms with van der Waals surface area (Å²) in [6.45, 7) is 0. The summed E-state index contributed by atoms with van der Waals surface area (Å²) in [4.78, 5) is 16.4. The van der Waals surface area contributed by atoms with Crippen LogP contribution in [0.25, 0.3) is 10.9 Å². The molecule has 0 bridgehead atoms. The molecule has 2 aromatic carbocycles. The molecule has 6 nitrogen and oxygen atoms in total. The highest BCUT2D eigenvalue weighted by Gasteiger charge is 2.09. The van der Waals surface area contributed by atoms with Gasteiger partial charge in [-0.15, -0.1) is 0 Å².